The van der Waals surface area contributed by atoms with Crippen LogP contribution in [0, 0.1) is 13.8 Å². The van der Waals surface area contributed by atoms with E-state index in [4.69, 9.17) is 5.10 Å². The molecule has 5 nitrogen and oxygen atoms in total. The van der Waals surface area contributed by atoms with Gasteiger partial charge in [0.1, 0.15) is 0 Å². The van der Waals surface area contributed by atoms with Gasteiger partial charge in [-0.05, 0) is 49.1 Å². The van der Waals surface area contributed by atoms with E-state index < -0.39 is 0 Å². The monoisotopic (exact) mass is 460 g/mol. The van der Waals surface area contributed by atoms with Crippen molar-refractivity contribution in [2.24, 2.45) is 0 Å². The van der Waals surface area contributed by atoms with E-state index in [2.05, 4.69) is 58.8 Å². The zero-order valence-electron chi connectivity index (χ0n) is 20.2. The van der Waals surface area contributed by atoms with Gasteiger partial charge in [-0.25, -0.2) is 0 Å². The standard InChI is InChI=1S/C30H28N4O/c1-4-24-18-27(26-16-10-11-17-28(26)31-24)30(35)32-29-20(2)33-34(21(29)3)19-23-14-8-9-15-25(23)22-12-6-5-7-13-22/h5-18H,4,19H2,1-3H3,(H,32,35). The van der Waals surface area contributed by atoms with Crippen molar-refractivity contribution in [2.45, 2.75) is 33.7 Å². The van der Waals surface area contributed by atoms with Gasteiger partial charge in [-0.15, -0.1) is 0 Å². The summed E-state index contributed by atoms with van der Waals surface area (Å²) in [6.07, 6.45) is 0.766. The Morgan fingerprint density at radius 2 is 1.63 bits per heavy atom. The van der Waals surface area contributed by atoms with Crippen molar-refractivity contribution in [3.8, 4) is 11.1 Å². The third-order valence-electron chi connectivity index (χ3n) is 6.42. The minimum Gasteiger partial charge on any atom is -0.319 e. The van der Waals surface area contributed by atoms with Crippen molar-refractivity contribution in [1.82, 2.24) is 14.8 Å². The molecule has 0 bridgehead atoms. The number of carbonyl (C=O) groups excluding carboxylic acids is 1. The van der Waals surface area contributed by atoms with E-state index in [-0.39, 0.29) is 5.91 Å². The molecule has 174 valence electrons. The van der Waals surface area contributed by atoms with Gasteiger partial charge >= 0.3 is 0 Å². The molecule has 0 saturated carbocycles. The maximum atomic E-state index is 13.4. The van der Waals surface area contributed by atoms with Crippen LogP contribution in [0.3, 0.4) is 0 Å². The first kappa shape index (κ1) is 22.5. The molecule has 5 aromatic rings. The molecule has 1 amide bonds. The quantitative estimate of drug-likeness (QED) is 0.311. The summed E-state index contributed by atoms with van der Waals surface area (Å²) < 4.78 is 1.97. The van der Waals surface area contributed by atoms with Crippen LogP contribution in [0.1, 0.15) is 39.9 Å². The van der Waals surface area contributed by atoms with E-state index >= 15 is 0 Å². The smallest absolute Gasteiger partial charge is 0.256 e. The van der Waals surface area contributed by atoms with Crippen LogP contribution in [-0.4, -0.2) is 20.7 Å². The number of pyridine rings is 1. The van der Waals surface area contributed by atoms with Crippen molar-refractivity contribution in [3.05, 3.63) is 113 Å². The van der Waals surface area contributed by atoms with E-state index in [9.17, 15) is 4.79 Å². The molecule has 0 aliphatic carbocycles. The average Bonchev–Trinajstić information content (AvgIpc) is 3.16. The van der Waals surface area contributed by atoms with Gasteiger partial charge < -0.3 is 5.32 Å². The van der Waals surface area contributed by atoms with Gasteiger partial charge in [0.05, 0.1) is 34.7 Å². The Morgan fingerprint density at radius 1 is 0.914 bits per heavy atom. The maximum absolute atomic E-state index is 13.4. The van der Waals surface area contributed by atoms with Crippen molar-refractivity contribution < 1.29 is 4.79 Å². The second-order valence-electron chi connectivity index (χ2n) is 8.71. The summed E-state index contributed by atoms with van der Waals surface area (Å²) in [6, 6.07) is 28.4. The highest BCUT2D eigenvalue weighted by Crippen LogP contribution is 2.27. The summed E-state index contributed by atoms with van der Waals surface area (Å²) in [4.78, 5) is 18.1. The minimum absolute atomic E-state index is 0.145. The Balaban J connectivity index is 1.46. The summed E-state index contributed by atoms with van der Waals surface area (Å²) in [5, 5.41) is 8.76. The van der Waals surface area contributed by atoms with E-state index in [0.717, 1.165) is 40.1 Å². The number of aryl methyl sites for hydroxylation is 2. The van der Waals surface area contributed by atoms with Gasteiger partial charge in [0, 0.05) is 11.1 Å². The number of nitrogens with one attached hydrogen (secondary N) is 1. The Kier molecular flexibility index (Phi) is 6.15. The predicted molar refractivity (Wildman–Crippen MR) is 142 cm³/mol. The second kappa shape index (κ2) is 9.55. The molecule has 35 heavy (non-hydrogen) atoms. The van der Waals surface area contributed by atoms with Gasteiger partial charge in [0.15, 0.2) is 0 Å². The zero-order valence-corrected chi connectivity index (χ0v) is 20.2. The highest BCUT2D eigenvalue weighted by Gasteiger charge is 2.18. The number of amides is 1. The number of aromatic nitrogens is 3. The van der Waals surface area contributed by atoms with Crippen LogP contribution in [0.2, 0.25) is 0 Å². The molecule has 3 aromatic carbocycles. The molecule has 2 aromatic heterocycles. The van der Waals surface area contributed by atoms with Crippen LogP contribution in [-0.2, 0) is 13.0 Å². The normalized spacial score (nSPS) is 11.1. The lowest BCUT2D eigenvalue weighted by atomic mass is 10.00. The number of hydrogen-bond donors (Lipinski definition) is 1. The van der Waals surface area contributed by atoms with Crippen molar-refractivity contribution in [2.75, 3.05) is 5.32 Å². The Hall–Kier alpha value is -4.25. The SMILES string of the molecule is CCc1cc(C(=O)Nc2c(C)nn(Cc3ccccc3-c3ccccc3)c2C)c2ccccc2n1. The van der Waals surface area contributed by atoms with Crippen LogP contribution < -0.4 is 5.32 Å². The number of anilines is 1. The Bertz CT molecular complexity index is 1520. The molecule has 0 unspecified atom stereocenters. The van der Waals surface area contributed by atoms with Gasteiger partial charge in [-0.3, -0.25) is 14.5 Å². The lowest BCUT2D eigenvalue weighted by Crippen LogP contribution is -2.15. The average molecular weight is 461 g/mol. The molecular weight excluding hydrogens is 432 g/mol. The molecule has 0 aliphatic rings. The van der Waals surface area contributed by atoms with Gasteiger partial charge in [0.25, 0.3) is 5.91 Å². The number of para-hydroxylation sites is 1. The lowest BCUT2D eigenvalue weighted by Gasteiger charge is -2.12. The fraction of sp³-hybridized carbons (Fsp3) is 0.167. The molecule has 5 rings (SSSR count). The van der Waals surface area contributed by atoms with Gasteiger partial charge in [-0.1, -0.05) is 79.7 Å². The molecule has 0 atom stereocenters. The number of rotatable bonds is 6. The molecule has 0 fully saturated rings. The Morgan fingerprint density at radius 3 is 2.43 bits per heavy atom. The van der Waals surface area contributed by atoms with Crippen LogP contribution in [0.4, 0.5) is 5.69 Å². The van der Waals surface area contributed by atoms with Gasteiger partial charge in [0.2, 0.25) is 0 Å². The van der Waals surface area contributed by atoms with E-state index in [1.807, 2.05) is 61.9 Å². The maximum Gasteiger partial charge on any atom is 0.256 e. The predicted octanol–water partition coefficient (Wildman–Crippen LogP) is 6.58. The molecule has 5 heteroatoms. The summed E-state index contributed by atoms with van der Waals surface area (Å²) in [7, 11) is 0. The fourth-order valence-electron chi connectivity index (χ4n) is 4.53. The summed E-state index contributed by atoms with van der Waals surface area (Å²) in [5.41, 5.74) is 8.37. The molecule has 0 saturated heterocycles. The minimum atomic E-state index is -0.145. The highest BCUT2D eigenvalue weighted by atomic mass is 16.1. The van der Waals surface area contributed by atoms with E-state index in [1.54, 1.807) is 0 Å². The van der Waals surface area contributed by atoms with Crippen LogP contribution in [0.15, 0.2) is 84.9 Å². The second-order valence-corrected chi connectivity index (χ2v) is 8.71. The molecule has 0 spiro atoms. The van der Waals surface area contributed by atoms with Crippen molar-refractivity contribution >= 4 is 22.5 Å². The van der Waals surface area contributed by atoms with Crippen LogP contribution >= 0.6 is 0 Å². The van der Waals surface area contributed by atoms with E-state index in [0.29, 0.717) is 12.1 Å². The number of fused-ring (bicyclic) bond motifs is 1. The summed E-state index contributed by atoms with van der Waals surface area (Å²) in [6.45, 7) is 6.60. The first-order chi connectivity index (χ1) is 17.0. The highest BCUT2D eigenvalue weighted by molar-refractivity contribution is 6.12. The first-order valence-corrected chi connectivity index (χ1v) is 11.9. The van der Waals surface area contributed by atoms with Gasteiger partial charge in [-0.2, -0.15) is 5.10 Å². The summed E-state index contributed by atoms with van der Waals surface area (Å²) in [5.74, 6) is -0.145. The molecular formula is C30H28N4O. The number of hydrogen-bond acceptors (Lipinski definition) is 3. The topological polar surface area (TPSA) is 59.8 Å². The number of nitrogens with zero attached hydrogens (tertiary/aromatic N) is 3. The lowest BCUT2D eigenvalue weighted by molar-refractivity contribution is 0.102. The molecule has 2 heterocycles. The molecule has 1 N–H and O–H groups in total. The molecule has 0 aliphatic heterocycles. The Labute approximate surface area is 205 Å². The number of benzene rings is 3. The molecule has 0 radical (unpaired) electrons. The van der Waals surface area contributed by atoms with E-state index in [1.165, 1.54) is 16.7 Å². The largest absolute Gasteiger partial charge is 0.319 e. The summed E-state index contributed by atoms with van der Waals surface area (Å²) >= 11 is 0. The van der Waals surface area contributed by atoms with Crippen LogP contribution in [0.5, 0.6) is 0 Å². The first-order valence-electron chi connectivity index (χ1n) is 11.9. The third kappa shape index (κ3) is 4.45. The zero-order chi connectivity index (χ0) is 24.4. The number of carbonyl (C=O) groups is 1. The van der Waals surface area contributed by atoms with Crippen LogP contribution in [0.25, 0.3) is 22.0 Å². The van der Waals surface area contributed by atoms with Crippen molar-refractivity contribution in [1.29, 1.82) is 0 Å². The van der Waals surface area contributed by atoms with Crippen molar-refractivity contribution in [3.63, 3.8) is 0 Å². The fourth-order valence-corrected chi connectivity index (χ4v) is 4.53. The third-order valence-corrected chi connectivity index (χ3v) is 6.42.